The van der Waals surface area contributed by atoms with Crippen LogP contribution < -0.4 is 5.73 Å². The van der Waals surface area contributed by atoms with Crippen molar-refractivity contribution < 1.29 is 9.84 Å². The van der Waals surface area contributed by atoms with Gasteiger partial charge < -0.3 is 15.6 Å². The third-order valence-corrected chi connectivity index (χ3v) is 3.36. The van der Waals surface area contributed by atoms with Gasteiger partial charge in [0, 0.05) is 12.1 Å². The number of phenolic OH excluding ortho intramolecular Hbond substituents is 1. The molecule has 0 saturated carbocycles. The van der Waals surface area contributed by atoms with Crippen LogP contribution in [0.4, 0.5) is 5.69 Å². The molecule has 116 valence electrons. The number of unbranched alkanes of at least 4 members (excludes halogenated alkanes) is 1. The van der Waals surface area contributed by atoms with Crippen molar-refractivity contribution in [3.63, 3.8) is 0 Å². The molecule has 1 aliphatic rings. The molecule has 0 unspecified atom stereocenters. The minimum atomic E-state index is 0.0713. The molecule has 6 heteroatoms. The number of nitrogens with two attached hydrogens (primary N) is 1. The van der Waals surface area contributed by atoms with E-state index in [0.29, 0.717) is 34.5 Å². The quantitative estimate of drug-likeness (QED) is 0.571. The first-order valence-corrected chi connectivity index (χ1v) is 7.37. The van der Waals surface area contributed by atoms with Crippen LogP contribution in [0.25, 0.3) is 0 Å². The Hall–Kier alpha value is -2.27. The molecule has 0 aliphatic heterocycles. The molecule has 1 aliphatic carbocycles. The van der Waals surface area contributed by atoms with Crippen molar-refractivity contribution in [2.45, 2.75) is 19.8 Å². The minimum absolute atomic E-state index is 0.0713. The Kier molecular flexibility index (Phi) is 5.22. The largest absolute Gasteiger partial charge is 0.508 e. The Bertz CT molecular complexity index is 678. The normalized spacial score (nSPS) is 16.5. The fraction of sp³-hybridized carbons (Fsp3) is 0.250. The second-order valence-corrected chi connectivity index (χ2v) is 5.26. The SMILES string of the molecule is CCCCOC1=C/C(=N/c2ccc(O)cc2Cl)C(N)=CC1=N. The molecule has 5 nitrogen and oxygen atoms in total. The van der Waals surface area contributed by atoms with Crippen molar-refractivity contribution in [1.82, 2.24) is 0 Å². The first-order valence-electron chi connectivity index (χ1n) is 6.99. The molecule has 0 radical (unpaired) electrons. The standard InChI is InChI=1S/C16H18ClN3O2/c1-2-3-6-22-16-9-15(12(18)8-13(16)19)20-14-5-4-10(21)7-11(14)17/h4-5,7-9,19,21H,2-3,6,18H2,1H3/b19-13?,20-15-. The summed E-state index contributed by atoms with van der Waals surface area (Å²) in [6.45, 7) is 2.62. The summed E-state index contributed by atoms with van der Waals surface area (Å²) in [5.41, 5.74) is 7.48. The molecule has 0 bridgehead atoms. The molecule has 2 rings (SSSR count). The fourth-order valence-corrected chi connectivity index (χ4v) is 2.06. The van der Waals surface area contributed by atoms with Gasteiger partial charge in [-0.05, 0) is 24.6 Å². The van der Waals surface area contributed by atoms with Gasteiger partial charge in [0.05, 0.1) is 34.4 Å². The number of hydrogen-bond acceptors (Lipinski definition) is 5. The number of aromatic hydroxyl groups is 1. The lowest BCUT2D eigenvalue weighted by atomic mass is 10.1. The van der Waals surface area contributed by atoms with Crippen LogP contribution in [0.15, 0.2) is 46.8 Å². The number of benzene rings is 1. The molecule has 0 saturated heterocycles. The maximum Gasteiger partial charge on any atom is 0.146 e. The molecule has 0 atom stereocenters. The van der Waals surface area contributed by atoms with Gasteiger partial charge in [0.15, 0.2) is 0 Å². The minimum Gasteiger partial charge on any atom is -0.508 e. The Balaban J connectivity index is 2.29. The van der Waals surface area contributed by atoms with Crippen LogP contribution in [0.3, 0.4) is 0 Å². The maximum absolute atomic E-state index is 9.36. The van der Waals surface area contributed by atoms with Crippen LogP contribution in [-0.2, 0) is 4.74 Å². The Morgan fingerprint density at radius 2 is 2.14 bits per heavy atom. The summed E-state index contributed by atoms with van der Waals surface area (Å²) in [5, 5.41) is 17.6. The van der Waals surface area contributed by atoms with E-state index in [2.05, 4.69) is 11.9 Å². The highest BCUT2D eigenvalue weighted by molar-refractivity contribution is 6.33. The molecule has 0 aromatic heterocycles. The van der Waals surface area contributed by atoms with Crippen LogP contribution in [-0.4, -0.2) is 23.1 Å². The predicted molar refractivity (Wildman–Crippen MR) is 89.2 cm³/mol. The van der Waals surface area contributed by atoms with E-state index in [1.54, 1.807) is 12.1 Å². The van der Waals surface area contributed by atoms with Crippen molar-refractivity contribution in [2.75, 3.05) is 6.61 Å². The van der Waals surface area contributed by atoms with Crippen molar-refractivity contribution in [2.24, 2.45) is 10.7 Å². The molecular formula is C16H18ClN3O2. The van der Waals surface area contributed by atoms with Crippen LogP contribution in [0, 0.1) is 5.41 Å². The highest BCUT2D eigenvalue weighted by Gasteiger charge is 2.16. The number of allylic oxidation sites excluding steroid dienone is 2. The van der Waals surface area contributed by atoms with Gasteiger partial charge in [-0.2, -0.15) is 0 Å². The van der Waals surface area contributed by atoms with E-state index in [1.807, 2.05) is 0 Å². The van der Waals surface area contributed by atoms with E-state index in [-0.39, 0.29) is 11.5 Å². The summed E-state index contributed by atoms with van der Waals surface area (Å²) in [4.78, 5) is 4.38. The second-order valence-electron chi connectivity index (χ2n) is 4.86. The third-order valence-electron chi connectivity index (χ3n) is 3.06. The summed E-state index contributed by atoms with van der Waals surface area (Å²) < 4.78 is 5.58. The van der Waals surface area contributed by atoms with Crippen LogP contribution in [0.1, 0.15) is 19.8 Å². The zero-order chi connectivity index (χ0) is 16.1. The molecule has 0 amide bonds. The van der Waals surface area contributed by atoms with E-state index in [4.69, 9.17) is 27.5 Å². The molecular weight excluding hydrogens is 302 g/mol. The molecule has 1 aromatic carbocycles. The molecule has 4 N–H and O–H groups in total. The number of hydrogen-bond donors (Lipinski definition) is 3. The number of halogens is 1. The summed E-state index contributed by atoms with van der Waals surface area (Å²) in [5.74, 6) is 0.512. The van der Waals surface area contributed by atoms with Crippen LogP contribution in [0.2, 0.25) is 5.02 Å². The maximum atomic E-state index is 9.36. The predicted octanol–water partition coefficient (Wildman–Crippen LogP) is 3.69. The lowest BCUT2D eigenvalue weighted by Gasteiger charge is -2.15. The monoisotopic (exact) mass is 319 g/mol. The molecule has 22 heavy (non-hydrogen) atoms. The van der Waals surface area contributed by atoms with Gasteiger partial charge in [-0.3, -0.25) is 5.41 Å². The van der Waals surface area contributed by atoms with E-state index in [1.165, 1.54) is 18.2 Å². The Morgan fingerprint density at radius 1 is 1.36 bits per heavy atom. The number of aliphatic imine (C=N–C) groups is 1. The van der Waals surface area contributed by atoms with Crippen molar-refractivity contribution in [1.29, 1.82) is 5.41 Å². The first-order chi connectivity index (χ1) is 10.5. The Morgan fingerprint density at radius 3 is 2.82 bits per heavy atom. The van der Waals surface area contributed by atoms with Crippen molar-refractivity contribution >= 4 is 28.7 Å². The summed E-state index contributed by atoms with van der Waals surface area (Å²) in [6, 6.07) is 4.51. The third kappa shape index (κ3) is 3.89. The van der Waals surface area contributed by atoms with Gasteiger partial charge in [0.1, 0.15) is 11.5 Å². The molecule has 0 heterocycles. The van der Waals surface area contributed by atoms with Gasteiger partial charge >= 0.3 is 0 Å². The van der Waals surface area contributed by atoms with Gasteiger partial charge in [-0.15, -0.1) is 0 Å². The summed E-state index contributed by atoms with van der Waals surface area (Å²) in [7, 11) is 0. The summed E-state index contributed by atoms with van der Waals surface area (Å²) in [6.07, 6.45) is 5.08. The molecule has 1 aromatic rings. The van der Waals surface area contributed by atoms with Crippen molar-refractivity contribution in [3.8, 4) is 5.75 Å². The van der Waals surface area contributed by atoms with E-state index >= 15 is 0 Å². The van der Waals surface area contributed by atoms with E-state index in [9.17, 15) is 5.11 Å². The fourth-order valence-electron chi connectivity index (χ4n) is 1.84. The van der Waals surface area contributed by atoms with Gasteiger partial charge in [-0.1, -0.05) is 24.9 Å². The van der Waals surface area contributed by atoms with Crippen LogP contribution in [0.5, 0.6) is 5.75 Å². The highest BCUT2D eigenvalue weighted by atomic mass is 35.5. The highest BCUT2D eigenvalue weighted by Crippen LogP contribution is 2.29. The summed E-state index contributed by atoms with van der Waals surface area (Å²) >= 11 is 6.04. The topological polar surface area (TPSA) is 91.7 Å². The number of ether oxygens (including phenoxy) is 1. The molecule has 0 spiro atoms. The lowest BCUT2D eigenvalue weighted by Crippen LogP contribution is -2.19. The zero-order valence-electron chi connectivity index (χ0n) is 12.3. The second kappa shape index (κ2) is 7.13. The number of nitrogens with zero attached hydrogens (tertiary/aromatic N) is 1. The Labute approximate surface area is 134 Å². The lowest BCUT2D eigenvalue weighted by molar-refractivity contribution is 0.226. The average molecular weight is 320 g/mol. The van der Waals surface area contributed by atoms with Crippen LogP contribution >= 0.6 is 11.6 Å². The zero-order valence-corrected chi connectivity index (χ0v) is 13.0. The number of phenols is 1. The smallest absolute Gasteiger partial charge is 0.146 e. The van der Waals surface area contributed by atoms with E-state index < -0.39 is 0 Å². The number of rotatable bonds is 5. The van der Waals surface area contributed by atoms with E-state index in [0.717, 1.165) is 12.8 Å². The number of nitrogens with one attached hydrogen (secondary N) is 1. The van der Waals surface area contributed by atoms with Gasteiger partial charge in [0.2, 0.25) is 0 Å². The first kappa shape index (κ1) is 16.1. The molecule has 0 fully saturated rings. The average Bonchev–Trinajstić information content (AvgIpc) is 2.46. The van der Waals surface area contributed by atoms with Gasteiger partial charge in [0.25, 0.3) is 0 Å². The van der Waals surface area contributed by atoms with Crippen molar-refractivity contribution in [3.05, 3.63) is 46.8 Å². The van der Waals surface area contributed by atoms with Gasteiger partial charge in [-0.25, -0.2) is 4.99 Å².